The zero-order chi connectivity index (χ0) is 24.1. The number of nitrogens with one attached hydrogen (secondary N) is 1. The molecular formula is C25H23FN4O4. The number of amides is 1. The van der Waals surface area contributed by atoms with Crippen LogP contribution in [-0.4, -0.2) is 41.5 Å². The van der Waals surface area contributed by atoms with Gasteiger partial charge in [-0.05, 0) is 55.5 Å². The molecule has 0 spiro atoms. The fourth-order valence-corrected chi connectivity index (χ4v) is 3.35. The standard InChI is InChI=1S/C25H23FN4O4/c1-4-34-25-28-23(19-7-5-6-8-21(19)26)30(29-25)17-11-9-16(10-12-17)27-24(31)20-14-13-18(32-2)15-22(20)33-3/h5-15H,4H2,1-3H3,(H,27,31). The molecule has 0 aliphatic heterocycles. The lowest BCUT2D eigenvalue weighted by Gasteiger charge is -2.11. The van der Waals surface area contributed by atoms with Crippen LogP contribution in [0.15, 0.2) is 66.7 Å². The van der Waals surface area contributed by atoms with Gasteiger partial charge in [-0.3, -0.25) is 4.79 Å². The first-order valence-electron chi connectivity index (χ1n) is 10.5. The quantitative estimate of drug-likeness (QED) is 0.407. The Balaban J connectivity index is 1.61. The molecule has 0 atom stereocenters. The average Bonchev–Trinajstić information content (AvgIpc) is 3.28. The Morgan fingerprint density at radius 3 is 2.47 bits per heavy atom. The number of nitrogens with zero attached hydrogens (tertiary/aromatic N) is 3. The molecule has 4 aromatic rings. The molecule has 0 aliphatic rings. The van der Waals surface area contributed by atoms with Gasteiger partial charge in [0.1, 0.15) is 17.3 Å². The Kier molecular flexibility index (Phi) is 6.72. The number of anilines is 1. The number of methoxy groups -OCH3 is 2. The van der Waals surface area contributed by atoms with E-state index in [0.717, 1.165) is 0 Å². The van der Waals surface area contributed by atoms with E-state index >= 15 is 0 Å². The summed E-state index contributed by atoms with van der Waals surface area (Å²) in [5.41, 5.74) is 1.85. The van der Waals surface area contributed by atoms with Crippen LogP contribution in [0.5, 0.6) is 17.5 Å². The Labute approximate surface area is 195 Å². The zero-order valence-corrected chi connectivity index (χ0v) is 18.9. The summed E-state index contributed by atoms with van der Waals surface area (Å²) >= 11 is 0. The van der Waals surface area contributed by atoms with Crippen molar-refractivity contribution >= 4 is 11.6 Å². The van der Waals surface area contributed by atoms with E-state index in [1.54, 1.807) is 67.8 Å². The SMILES string of the molecule is CCOc1nc(-c2ccccc2F)n(-c2ccc(NC(=O)c3ccc(OC)cc3OC)cc2)n1. The lowest BCUT2D eigenvalue weighted by atomic mass is 10.1. The molecule has 9 heteroatoms. The summed E-state index contributed by atoms with van der Waals surface area (Å²) in [6, 6.07) is 18.4. The van der Waals surface area contributed by atoms with Gasteiger partial charge in [-0.25, -0.2) is 9.07 Å². The van der Waals surface area contributed by atoms with Gasteiger partial charge in [0.05, 0.1) is 37.6 Å². The van der Waals surface area contributed by atoms with Crippen molar-refractivity contribution in [3.05, 3.63) is 78.1 Å². The van der Waals surface area contributed by atoms with Gasteiger partial charge in [0.15, 0.2) is 5.82 Å². The molecule has 0 fully saturated rings. The molecule has 0 saturated carbocycles. The van der Waals surface area contributed by atoms with Crippen LogP contribution in [0.4, 0.5) is 10.1 Å². The van der Waals surface area contributed by atoms with Crippen LogP contribution >= 0.6 is 0 Å². The van der Waals surface area contributed by atoms with Crippen LogP contribution in [0.3, 0.4) is 0 Å². The van der Waals surface area contributed by atoms with Crippen LogP contribution in [0.1, 0.15) is 17.3 Å². The molecule has 0 unspecified atom stereocenters. The van der Waals surface area contributed by atoms with Gasteiger partial charge < -0.3 is 19.5 Å². The minimum absolute atomic E-state index is 0.143. The Bertz CT molecular complexity index is 1300. The highest BCUT2D eigenvalue weighted by atomic mass is 19.1. The number of rotatable bonds is 8. The minimum Gasteiger partial charge on any atom is -0.497 e. The van der Waals surface area contributed by atoms with Gasteiger partial charge in [-0.1, -0.05) is 12.1 Å². The van der Waals surface area contributed by atoms with E-state index in [4.69, 9.17) is 14.2 Å². The third-order valence-electron chi connectivity index (χ3n) is 5.00. The summed E-state index contributed by atoms with van der Waals surface area (Å²) in [6.07, 6.45) is 0. The number of carbonyl (C=O) groups is 1. The summed E-state index contributed by atoms with van der Waals surface area (Å²) in [5.74, 6) is 0.535. The fourth-order valence-electron chi connectivity index (χ4n) is 3.35. The normalized spacial score (nSPS) is 10.6. The highest BCUT2D eigenvalue weighted by Crippen LogP contribution is 2.28. The fraction of sp³-hybridized carbons (Fsp3) is 0.160. The van der Waals surface area contributed by atoms with Crippen molar-refractivity contribution in [3.63, 3.8) is 0 Å². The predicted molar refractivity (Wildman–Crippen MR) is 125 cm³/mol. The molecule has 174 valence electrons. The number of hydrogen-bond donors (Lipinski definition) is 1. The second kappa shape index (κ2) is 10.0. The molecule has 0 bridgehead atoms. The molecule has 0 aliphatic carbocycles. The molecule has 1 aromatic heterocycles. The summed E-state index contributed by atoms with van der Waals surface area (Å²) in [7, 11) is 3.03. The van der Waals surface area contributed by atoms with Crippen molar-refractivity contribution in [1.82, 2.24) is 14.8 Å². The first-order chi connectivity index (χ1) is 16.5. The third kappa shape index (κ3) is 4.68. The summed E-state index contributed by atoms with van der Waals surface area (Å²) in [4.78, 5) is 17.1. The smallest absolute Gasteiger partial charge is 0.336 e. The van der Waals surface area contributed by atoms with Gasteiger partial charge in [0, 0.05) is 11.8 Å². The molecular weight excluding hydrogens is 439 g/mol. The third-order valence-corrected chi connectivity index (χ3v) is 5.00. The maximum absolute atomic E-state index is 14.5. The van der Waals surface area contributed by atoms with Gasteiger partial charge in [-0.2, -0.15) is 4.98 Å². The second-order valence-corrected chi connectivity index (χ2v) is 7.11. The van der Waals surface area contributed by atoms with Crippen LogP contribution in [0.2, 0.25) is 0 Å². The molecule has 1 heterocycles. The second-order valence-electron chi connectivity index (χ2n) is 7.11. The topological polar surface area (TPSA) is 87.5 Å². The lowest BCUT2D eigenvalue weighted by Crippen LogP contribution is -2.13. The number of hydrogen-bond acceptors (Lipinski definition) is 6. The maximum Gasteiger partial charge on any atom is 0.336 e. The van der Waals surface area contributed by atoms with E-state index in [9.17, 15) is 9.18 Å². The van der Waals surface area contributed by atoms with Crippen molar-refractivity contribution in [2.24, 2.45) is 0 Å². The average molecular weight is 462 g/mol. The number of benzene rings is 3. The number of halogens is 1. The van der Waals surface area contributed by atoms with Crippen molar-refractivity contribution in [1.29, 1.82) is 0 Å². The van der Waals surface area contributed by atoms with Crippen LogP contribution in [0, 0.1) is 5.82 Å². The molecule has 34 heavy (non-hydrogen) atoms. The van der Waals surface area contributed by atoms with E-state index in [1.807, 2.05) is 6.92 Å². The van der Waals surface area contributed by atoms with Crippen molar-refractivity contribution in [3.8, 4) is 34.6 Å². The minimum atomic E-state index is -0.420. The van der Waals surface area contributed by atoms with Crippen LogP contribution < -0.4 is 19.5 Å². The zero-order valence-electron chi connectivity index (χ0n) is 18.9. The van der Waals surface area contributed by atoms with Gasteiger partial charge in [-0.15, -0.1) is 5.10 Å². The van der Waals surface area contributed by atoms with Crippen molar-refractivity contribution in [2.75, 3.05) is 26.1 Å². The molecule has 1 amide bonds. The number of aromatic nitrogens is 3. The van der Waals surface area contributed by atoms with Crippen molar-refractivity contribution < 1.29 is 23.4 Å². The van der Waals surface area contributed by atoms with Crippen LogP contribution in [0.25, 0.3) is 17.1 Å². The molecule has 1 N–H and O–H groups in total. The van der Waals surface area contributed by atoms with Crippen molar-refractivity contribution in [2.45, 2.75) is 6.92 Å². The number of carbonyl (C=O) groups excluding carboxylic acids is 1. The molecule has 4 rings (SSSR count). The molecule has 0 radical (unpaired) electrons. The lowest BCUT2D eigenvalue weighted by molar-refractivity contribution is 0.102. The first kappa shape index (κ1) is 22.8. The molecule has 8 nitrogen and oxygen atoms in total. The van der Waals surface area contributed by atoms with E-state index < -0.39 is 5.82 Å². The Hall–Kier alpha value is -4.40. The van der Waals surface area contributed by atoms with E-state index in [2.05, 4.69) is 15.4 Å². The first-order valence-corrected chi connectivity index (χ1v) is 10.5. The Morgan fingerprint density at radius 1 is 1.03 bits per heavy atom. The maximum atomic E-state index is 14.5. The summed E-state index contributed by atoms with van der Waals surface area (Å²) < 4.78 is 31.9. The highest BCUT2D eigenvalue weighted by Gasteiger charge is 2.18. The largest absolute Gasteiger partial charge is 0.497 e. The van der Waals surface area contributed by atoms with Gasteiger partial charge >= 0.3 is 6.01 Å². The summed E-state index contributed by atoms with van der Waals surface area (Å²) in [5, 5.41) is 7.21. The van der Waals surface area contributed by atoms with Gasteiger partial charge in [0.2, 0.25) is 0 Å². The van der Waals surface area contributed by atoms with E-state index in [0.29, 0.717) is 46.4 Å². The predicted octanol–water partition coefficient (Wildman–Crippen LogP) is 4.74. The number of ether oxygens (including phenoxy) is 3. The van der Waals surface area contributed by atoms with E-state index in [-0.39, 0.29) is 11.9 Å². The van der Waals surface area contributed by atoms with E-state index in [1.165, 1.54) is 17.9 Å². The van der Waals surface area contributed by atoms with Gasteiger partial charge in [0.25, 0.3) is 5.91 Å². The molecule has 0 saturated heterocycles. The monoisotopic (exact) mass is 462 g/mol. The Morgan fingerprint density at radius 2 is 1.79 bits per heavy atom. The van der Waals surface area contributed by atoms with Crippen LogP contribution in [-0.2, 0) is 0 Å². The molecule has 3 aromatic carbocycles. The summed E-state index contributed by atoms with van der Waals surface area (Å²) in [6.45, 7) is 2.19. The highest BCUT2D eigenvalue weighted by molar-refractivity contribution is 6.06.